The third-order valence-electron chi connectivity index (χ3n) is 2.76. The summed E-state index contributed by atoms with van der Waals surface area (Å²) in [6, 6.07) is 3.11. The first-order valence-electron chi connectivity index (χ1n) is 6.59. The smallest absolute Gasteiger partial charge is 0.342 e. The number of phenols is 1. The molecule has 8 heteroatoms. The van der Waals surface area contributed by atoms with Crippen molar-refractivity contribution in [1.82, 2.24) is 10.6 Å². The number of hydrogen-bond donors (Lipinski definition) is 3. The number of urea groups is 1. The van der Waals surface area contributed by atoms with Crippen molar-refractivity contribution in [2.75, 3.05) is 6.61 Å². The third kappa shape index (κ3) is 5.61. The maximum Gasteiger partial charge on any atom is 0.342 e. The zero-order chi connectivity index (χ0) is 16.7. The second kappa shape index (κ2) is 8.23. The van der Waals surface area contributed by atoms with E-state index in [9.17, 15) is 19.5 Å². The van der Waals surface area contributed by atoms with Crippen molar-refractivity contribution < 1.29 is 24.2 Å². The molecule has 3 amide bonds. The molecule has 0 radical (unpaired) electrons. The predicted molar refractivity (Wildman–Crippen MR) is 79.8 cm³/mol. The Morgan fingerprint density at radius 1 is 1.36 bits per heavy atom. The van der Waals surface area contributed by atoms with Gasteiger partial charge in [-0.1, -0.05) is 18.5 Å². The van der Waals surface area contributed by atoms with Crippen molar-refractivity contribution >= 4 is 29.5 Å². The number of carbonyl (C=O) groups excluding carboxylic acids is 3. The van der Waals surface area contributed by atoms with Gasteiger partial charge in [0.05, 0.1) is 0 Å². The fraction of sp³-hybridized carbons (Fsp3) is 0.357. The topological polar surface area (TPSA) is 105 Å². The zero-order valence-corrected chi connectivity index (χ0v) is 12.9. The highest BCUT2D eigenvalue weighted by atomic mass is 35.5. The van der Waals surface area contributed by atoms with E-state index < -0.39 is 24.5 Å². The van der Waals surface area contributed by atoms with E-state index in [-0.39, 0.29) is 22.4 Å². The van der Waals surface area contributed by atoms with E-state index in [0.717, 1.165) is 0 Å². The van der Waals surface area contributed by atoms with E-state index in [2.05, 4.69) is 5.32 Å². The van der Waals surface area contributed by atoms with Gasteiger partial charge >= 0.3 is 12.0 Å². The highest BCUT2D eigenvalue weighted by Crippen LogP contribution is 2.22. The number of ether oxygens (including phenoxy) is 1. The summed E-state index contributed by atoms with van der Waals surface area (Å²) in [6.07, 6.45) is 0.715. The molecule has 7 nitrogen and oxygen atoms in total. The van der Waals surface area contributed by atoms with Gasteiger partial charge in [0, 0.05) is 11.1 Å². The molecule has 1 rings (SSSR count). The molecule has 0 heterocycles. The third-order valence-corrected chi connectivity index (χ3v) is 2.99. The van der Waals surface area contributed by atoms with E-state index in [1.165, 1.54) is 18.2 Å². The van der Waals surface area contributed by atoms with Crippen molar-refractivity contribution in [3.8, 4) is 5.75 Å². The van der Waals surface area contributed by atoms with Gasteiger partial charge in [0.2, 0.25) is 0 Å². The Kier molecular flexibility index (Phi) is 6.65. The van der Waals surface area contributed by atoms with Crippen molar-refractivity contribution in [2.45, 2.75) is 26.3 Å². The molecule has 1 aromatic carbocycles. The summed E-state index contributed by atoms with van der Waals surface area (Å²) >= 11 is 5.64. The van der Waals surface area contributed by atoms with Gasteiger partial charge in [-0.3, -0.25) is 10.1 Å². The summed E-state index contributed by atoms with van der Waals surface area (Å²) in [7, 11) is 0. The van der Waals surface area contributed by atoms with Crippen LogP contribution in [0.3, 0.4) is 0 Å². The largest absolute Gasteiger partial charge is 0.507 e. The Morgan fingerprint density at radius 3 is 2.64 bits per heavy atom. The Hall–Kier alpha value is -2.28. The molecule has 0 fully saturated rings. The summed E-state index contributed by atoms with van der Waals surface area (Å²) in [6.45, 7) is 3.02. The Morgan fingerprint density at radius 2 is 2.05 bits per heavy atom. The van der Waals surface area contributed by atoms with E-state index >= 15 is 0 Å². The van der Waals surface area contributed by atoms with E-state index in [1.54, 1.807) is 6.92 Å². The van der Waals surface area contributed by atoms with Crippen LogP contribution in [0.5, 0.6) is 5.75 Å². The van der Waals surface area contributed by atoms with Crippen LogP contribution in [0.2, 0.25) is 5.02 Å². The number of nitrogens with one attached hydrogen (secondary N) is 2. The average Bonchev–Trinajstić information content (AvgIpc) is 2.44. The molecule has 1 aromatic rings. The number of carbonyl (C=O) groups is 3. The minimum Gasteiger partial charge on any atom is -0.507 e. The van der Waals surface area contributed by atoms with Crippen LogP contribution in [0.25, 0.3) is 0 Å². The van der Waals surface area contributed by atoms with E-state index in [0.29, 0.717) is 6.42 Å². The molecule has 3 N–H and O–H groups in total. The van der Waals surface area contributed by atoms with Crippen LogP contribution in [-0.2, 0) is 9.53 Å². The van der Waals surface area contributed by atoms with Gasteiger partial charge in [-0.15, -0.1) is 0 Å². The molecule has 0 aliphatic rings. The minimum absolute atomic E-state index is 0.0821. The highest BCUT2D eigenvalue weighted by Gasteiger charge is 2.16. The Bertz CT molecular complexity index is 576. The monoisotopic (exact) mass is 328 g/mol. The number of rotatable bonds is 5. The van der Waals surface area contributed by atoms with Crippen LogP contribution in [0.1, 0.15) is 30.6 Å². The lowest BCUT2D eigenvalue weighted by molar-refractivity contribution is -0.123. The maximum absolute atomic E-state index is 11.7. The molecule has 0 aliphatic heterocycles. The summed E-state index contributed by atoms with van der Waals surface area (Å²) < 4.78 is 4.71. The van der Waals surface area contributed by atoms with Gasteiger partial charge in [0.25, 0.3) is 5.91 Å². The van der Waals surface area contributed by atoms with Crippen molar-refractivity contribution in [3.05, 3.63) is 28.8 Å². The van der Waals surface area contributed by atoms with Crippen molar-refractivity contribution in [3.63, 3.8) is 0 Å². The first-order valence-corrected chi connectivity index (χ1v) is 6.97. The summed E-state index contributed by atoms with van der Waals surface area (Å²) in [5.41, 5.74) is -0.124. The molecule has 0 spiro atoms. The van der Waals surface area contributed by atoms with Gasteiger partial charge in [0.1, 0.15) is 11.3 Å². The molecule has 0 saturated heterocycles. The summed E-state index contributed by atoms with van der Waals surface area (Å²) in [5, 5.41) is 14.4. The molecule has 22 heavy (non-hydrogen) atoms. The normalized spacial score (nSPS) is 11.4. The lowest BCUT2D eigenvalue weighted by atomic mass is 10.2. The molecule has 0 aliphatic carbocycles. The lowest BCUT2D eigenvalue weighted by Gasteiger charge is -2.12. The first-order chi connectivity index (χ1) is 10.3. The number of phenolic OH excluding ortho intramolecular Hbond substituents is 1. The van der Waals surface area contributed by atoms with Gasteiger partial charge in [0.15, 0.2) is 6.61 Å². The van der Waals surface area contributed by atoms with Gasteiger partial charge in [-0.25, -0.2) is 9.59 Å². The number of imide groups is 1. The summed E-state index contributed by atoms with van der Waals surface area (Å²) in [5.74, 6) is -2.03. The number of hydrogen-bond acceptors (Lipinski definition) is 5. The van der Waals surface area contributed by atoms with Crippen LogP contribution in [0.15, 0.2) is 18.2 Å². The van der Waals surface area contributed by atoms with Crippen LogP contribution < -0.4 is 10.6 Å². The molecule has 0 saturated carbocycles. The minimum atomic E-state index is -0.897. The summed E-state index contributed by atoms with van der Waals surface area (Å²) in [4.78, 5) is 34.5. The number of aromatic hydroxyl groups is 1. The van der Waals surface area contributed by atoms with Gasteiger partial charge in [-0.2, -0.15) is 0 Å². The van der Waals surface area contributed by atoms with E-state index in [1.807, 2.05) is 12.2 Å². The fourth-order valence-corrected chi connectivity index (χ4v) is 1.58. The van der Waals surface area contributed by atoms with Crippen LogP contribution in [-0.4, -0.2) is 35.7 Å². The van der Waals surface area contributed by atoms with E-state index in [4.69, 9.17) is 16.3 Å². The Balaban J connectivity index is 2.46. The SMILES string of the molecule is CC[C@H](C)NC(=O)NC(=O)COC(=O)c1ccc(Cl)cc1O. The van der Waals surface area contributed by atoms with Crippen molar-refractivity contribution in [1.29, 1.82) is 0 Å². The number of benzene rings is 1. The van der Waals surface area contributed by atoms with Crippen LogP contribution in [0, 0.1) is 0 Å². The first kappa shape index (κ1) is 17.8. The zero-order valence-electron chi connectivity index (χ0n) is 12.2. The standard InChI is InChI=1S/C14H17ClN2O5/c1-3-8(2)16-14(21)17-12(19)7-22-13(20)10-5-4-9(15)6-11(10)18/h4-6,8,18H,3,7H2,1-2H3,(H2,16,17,19,21)/t8-/m0/s1. The van der Waals surface area contributed by atoms with Crippen LogP contribution in [0.4, 0.5) is 4.79 Å². The number of esters is 1. The molecule has 0 unspecified atom stereocenters. The van der Waals surface area contributed by atoms with Gasteiger partial charge < -0.3 is 15.2 Å². The molecular weight excluding hydrogens is 312 g/mol. The number of amides is 3. The maximum atomic E-state index is 11.7. The lowest BCUT2D eigenvalue weighted by Crippen LogP contribution is -2.44. The second-order valence-corrected chi connectivity index (χ2v) is 5.00. The number of halogens is 1. The van der Waals surface area contributed by atoms with Crippen LogP contribution >= 0.6 is 11.6 Å². The van der Waals surface area contributed by atoms with Crippen molar-refractivity contribution in [2.24, 2.45) is 0 Å². The molecular formula is C14H17ClN2O5. The fourth-order valence-electron chi connectivity index (χ4n) is 1.41. The predicted octanol–water partition coefficient (Wildman–Crippen LogP) is 1.83. The average molecular weight is 329 g/mol. The second-order valence-electron chi connectivity index (χ2n) is 4.57. The Labute approximate surface area is 132 Å². The molecule has 0 aromatic heterocycles. The molecule has 1 atom stereocenters. The molecule has 0 bridgehead atoms. The highest BCUT2D eigenvalue weighted by molar-refractivity contribution is 6.30. The quantitative estimate of drug-likeness (QED) is 0.715. The molecule has 120 valence electrons. The van der Waals surface area contributed by atoms with Gasteiger partial charge in [-0.05, 0) is 31.5 Å².